The normalized spacial score (nSPS) is 14.3. The fraction of sp³-hybridized carbons (Fsp3) is 0.700. The summed E-state index contributed by atoms with van der Waals surface area (Å²) in [5.41, 5.74) is -12.4. The topological polar surface area (TPSA) is 94.6 Å². The highest BCUT2D eigenvalue weighted by Crippen LogP contribution is 2.38. The zero-order valence-electron chi connectivity index (χ0n) is 11.9. The third kappa shape index (κ3) is 5.36. The molecule has 0 aromatic rings. The Morgan fingerprint density at radius 3 is 1.75 bits per heavy atom. The second kappa shape index (κ2) is 7.72. The van der Waals surface area contributed by atoms with Crippen molar-refractivity contribution in [1.29, 1.82) is 0 Å². The van der Waals surface area contributed by atoms with Crippen molar-refractivity contribution in [3.8, 4) is 0 Å². The largest absolute Gasteiger partial charge is 0.498 e. The summed E-state index contributed by atoms with van der Waals surface area (Å²) >= 11 is 0. The van der Waals surface area contributed by atoms with E-state index in [2.05, 4.69) is 4.74 Å². The van der Waals surface area contributed by atoms with Crippen LogP contribution in [0.4, 0.5) is 26.3 Å². The number of allylic oxidation sites excluding steroid dienone is 1. The zero-order chi connectivity index (χ0) is 19.4. The van der Waals surface area contributed by atoms with E-state index < -0.39 is 60.7 Å². The van der Waals surface area contributed by atoms with Crippen molar-refractivity contribution >= 4 is 25.6 Å². The standard InChI is InChI=1S/C10H12F6O6S2/c1-2-4-7(17)22-6-3-5-8(23(18,19)9(11,12)13)24(20,21)10(14,15)16/h2,4,8H,3,5-6H2,1H3. The molecule has 0 radical (unpaired) electrons. The summed E-state index contributed by atoms with van der Waals surface area (Å²) in [6.45, 7) is 0.656. The van der Waals surface area contributed by atoms with Gasteiger partial charge >= 0.3 is 17.0 Å². The van der Waals surface area contributed by atoms with E-state index in [-0.39, 0.29) is 0 Å². The number of esters is 1. The maximum absolute atomic E-state index is 12.4. The Bertz CT molecular complexity index is 630. The Hall–Kier alpha value is -1.31. The monoisotopic (exact) mass is 406 g/mol. The molecule has 0 aliphatic carbocycles. The molecule has 0 rings (SSSR count). The Balaban J connectivity index is 5.45. The minimum atomic E-state index is -6.65. The first-order chi connectivity index (χ1) is 10.6. The van der Waals surface area contributed by atoms with E-state index in [9.17, 15) is 48.0 Å². The lowest BCUT2D eigenvalue weighted by Gasteiger charge is -2.20. The van der Waals surface area contributed by atoms with Crippen molar-refractivity contribution in [2.24, 2.45) is 0 Å². The van der Waals surface area contributed by atoms with E-state index in [0.29, 0.717) is 0 Å². The molecule has 0 aliphatic heterocycles. The van der Waals surface area contributed by atoms with Crippen molar-refractivity contribution in [2.75, 3.05) is 6.61 Å². The van der Waals surface area contributed by atoms with E-state index in [4.69, 9.17) is 0 Å². The number of hydrogen-bond acceptors (Lipinski definition) is 6. The molecule has 0 bridgehead atoms. The Labute approximate surface area is 133 Å². The van der Waals surface area contributed by atoms with Gasteiger partial charge in [0.2, 0.25) is 0 Å². The highest BCUT2D eigenvalue weighted by Gasteiger charge is 2.62. The summed E-state index contributed by atoms with van der Waals surface area (Å²) in [7, 11) is -13.3. The second-order valence-corrected chi connectivity index (χ2v) is 8.76. The fourth-order valence-electron chi connectivity index (χ4n) is 1.38. The molecule has 0 spiro atoms. The number of rotatable bonds is 7. The zero-order valence-corrected chi connectivity index (χ0v) is 13.5. The van der Waals surface area contributed by atoms with Crippen molar-refractivity contribution in [1.82, 2.24) is 0 Å². The minimum Gasteiger partial charge on any atom is -0.463 e. The van der Waals surface area contributed by atoms with E-state index in [1.807, 2.05) is 0 Å². The molecule has 0 fully saturated rings. The summed E-state index contributed by atoms with van der Waals surface area (Å²) in [5, 5.41) is 0. The van der Waals surface area contributed by atoms with Crippen LogP contribution in [0.5, 0.6) is 0 Å². The van der Waals surface area contributed by atoms with Gasteiger partial charge in [0.1, 0.15) is 0 Å². The van der Waals surface area contributed by atoms with Crippen LogP contribution in [0.2, 0.25) is 0 Å². The van der Waals surface area contributed by atoms with Gasteiger partial charge in [-0.3, -0.25) is 0 Å². The summed E-state index contributed by atoms with van der Waals surface area (Å²) < 4.78 is 120. The van der Waals surface area contributed by atoms with Crippen LogP contribution < -0.4 is 0 Å². The van der Waals surface area contributed by atoms with Crippen LogP contribution in [0.25, 0.3) is 0 Å². The van der Waals surface area contributed by atoms with Gasteiger partial charge in [-0.05, 0) is 19.8 Å². The predicted molar refractivity (Wildman–Crippen MR) is 68.7 cm³/mol. The summed E-state index contributed by atoms with van der Waals surface area (Å²) in [6.07, 6.45) is -0.283. The molecule has 0 heterocycles. The second-order valence-electron chi connectivity index (χ2n) is 4.22. The van der Waals surface area contributed by atoms with E-state index in [1.165, 1.54) is 13.0 Å². The van der Waals surface area contributed by atoms with Gasteiger partial charge < -0.3 is 4.74 Å². The SMILES string of the molecule is CC=CC(=O)OCCCC(S(=O)(=O)C(F)(F)F)S(=O)(=O)C(F)(F)F. The lowest BCUT2D eigenvalue weighted by Crippen LogP contribution is -2.45. The van der Waals surface area contributed by atoms with Crippen LogP contribution in [0, 0.1) is 0 Å². The number of ether oxygens (including phenoxy) is 1. The Morgan fingerprint density at radius 1 is 1.00 bits per heavy atom. The van der Waals surface area contributed by atoms with Crippen molar-refractivity contribution in [3.05, 3.63) is 12.2 Å². The molecule has 0 aromatic carbocycles. The molecule has 6 nitrogen and oxygen atoms in total. The minimum absolute atomic E-state index is 0.763. The van der Waals surface area contributed by atoms with Crippen LogP contribution >= 0.6 is 0 Å². The van der Waals surface area contributed by atoms with Crippen molar-refractivity contribution in [3.63, 3.8) is 0 Å². The first-order valence-corrected chi connectivity index (χ1v) is 9.08. The maximum Gasteiger partial charge on any atom is 0.498 e. The molecule has 14 heteroatoms. The summed E-state index contributed by atoms with van der Waals surface area (Å²) in [4.78, 5) is 10.9. The van der Waals surface area contributed by atoms with Gasteiger partial charge in [0.25, 0.3) is 19.7 Å². The highest BCUT2D eigenvalue weighted by atomic mass is 32.3. The molecule has 0 amide bonds. The number of halogens is 6. The Morgan fingerprint density at radius 2 is 1.42 bits per heavy atom. The van der Waals surface area contributed by atoms with Crippen LogP contribution in [-0.2, 0) is 29.2 Å². The summed E-state index contributed by atoms with van der Waals surface area (Å²) in [5.74, 6) is -0.980. The van der Waals surface area contributed by atoms with Crippen molar-refractivity contribution in [2.45, 2.75) is 35.4 Å². The third-order valence-electron chi connectivity index (χ3n) is 2.47. The molecule has 0 aromatic heterocycles. The summed E-state index contributed by atoms with van der Waals surface area (Å²) in [6, 6.07) is 0. The third-order valence-corrected chi connectivity index (χ3v) is 7.14. The number of sulfone groups is 2. The van der Waals surface area contributed by atoms with Gasteiger partial charge in [0, 0.05) is 6.08 Å². The smallest absolute Gasteiger partial charge is 0.463 e. The lowest BCUT2D eigenvalue weighted by atomic mass is 10.3. The van der Waals surface area contributed by atoms with Gasteiger partial charge in [-0.2, -0.15) is 26.3 Å². The molecule has 0 atom stereocenters. The molecule has 0 aliphatic rings. The number of alkyl halides is 6. The quantitative estimate of drug-likeness (QED) is 0.278. The molecule has 142 valence electrons. The van der Waals surface area contributed by atoms with Crippen LogP contribution in [0.15, 0.2) is 12.2 Å². The van der Waals surface area contributed by atoms with Crippen molar-refractivity contribution < 1.29 is 52.7 Å². The first-order valence-electron chi connectivity index (χ1n) is 5.98. The van der Waals surface area contributed by atoms with E-state index in [1.54, 1.807) is 0 Å². The first kappa shape index (κ1) is 22.7. The molecular weight excluding hydrogens is 394 g/mol. The molecule has 0 saturated carbocycles. The van der Waals surface area contributed by atoms with Crippen LogP contribution in [-0.4, -0.2) is 45.0 Å². The number of carbonyl (C=O) groups excluding carboxylic acids is 1. The maximum atomic E-state index is 12.4. The molecule has 0 N–H and O–H groups in total. The number of carbonyl (C=O) groups is 1. The Kier molecular flexibility index (Phi) is 7.29. The van der Waals surface area contributed by atoms with Crippen LogP contribution in [0.1, 0.15) is 19.8 Å². The van der Waals surface area contributed by atoms with Gasteiger partial charge in [-0.15, -0.1) is 0 Å². The number of hydrogen-bond donors (Lipinski definition) is 0. The molecule has 0 saturated heterocycles. The highest BCUT2D eigenvalue weighted by molar-refractivity contribution is 8.09. The molecular formula is C10H12F6O6S2. The fourth-order valence-corrected chi connectivity index (χ4v) is 4.92. The van der Waals surface area contributed by atoms with E-state index in [0.717, 1.165) is 6.08 Å². The molecule has 0 unspecified atom stereocenters. The van der Waals surface area contributed by atoms with Gasteiger partial charge in [0.05, 0.1) is 6.61 Å². The van der Waals surface area contributed by atoms with Crippen LogP contribution in [0.3, 0.4) is 0 Å². The average Bonchev–Trinajstić information content (AvgIpc) is 2.35. The van der Waals surface area contributed by atoms with Gasteiger partial charge in [-0.25, -0.2) is 21.6 Å². The lowest BCUT2D eigenvalue weighted by molar-refractivity contribution is -0.137. The average molecular weight is 406 g/mol. The molecule has 24 heavy (non-hydrogen) atoms. The van der Waals surface area contributed by atoms with Gasteiger partial charge in [-0.1, -0.05) is 6.08 Å². The van der Waals surface area contributed by atoms with Gasteiger partial charge in [0.15, 0.2) is 4.58 Å². The predicted octanol–water partition coefficient (Wildman–Crippen LogP) is 2.08. The van der Waals surface area contributed by atoms with E-state index >= 15 is 0 Å².